The Kier molecular flexibility index (Phi) is 7.05. The second-order valence-corrected chi connectivity index (χ2v) is 6.22. The van der Waals surface area contributed by atoms with Crippen LogP contribution in [0.2, 0.25) is 0 Å². The first kappa shape index (κ1) is 20.6. The summed E-state index contributed by atoms with van der Waals surface area (Å²) >= 11 is 0. The Morgan fingerprint density at radius 2 is 1.26 bits per heavy atom. The van der Waals surface area contributed by atoms with Crippen molar-refractivity contribution in [1.82, 2.24) is 0 Å². The second-order valence-electron chi connectivity index (χ2n) is 6.22. The van der Waals surface area contributed by atoms with Crippen molar-refractivity contribution in [3.8, 4) is 23.0 Å². The first-order valence-electron chi connectivity index (χ1n) is 9.06. The van der Waals surface area contributed by atoms with E-state index in [0.717, 1.165) is 5.56 Å². The van der Waals surface area contributed by atoms with Gasteiger partial charge in [0.1, 0.15) is 0 Å². The number of rotatable bonds is 8. The summed E-state index contributed by atoms with van der Waals surface area (Å²) in [5, 5.41) is 1.23. The summed E-state index contributed by atoms with van der Waals surface area (Å²) in [6, 6.07) is 5.57. The fourth-order valence-electron chi connectivity index (χ4n) is 2.81. The normalized spacial score (nSPS) is 10.6. The lowest BCUT2D eigenvalue weighted by Crippen LogP contribution is -2.12. The van der Waals surface area contributed by atoms with Gasteiger partial charge in [0, 0.05) is 23.6 Å². The zero-order chi connectivity index (χ0) is 20.0. The van der Waals surface area contributed by atoms with Crippen molar-refractivity contribution in [2.24, 2.45) is 0 Å². The largest absolute Gasteiger partial charge is 0.490 e. The fourth-order valence-corrected chi connectivity index (χ4v) is 2.81. The predicted octanol–water partition coefficient (Wildman–Crippen LogP) is 4.58. The van der Waals surface area contributed by atoms with Gasteiger partial charge in [0.05, 0.1) is 14.2 Å². The van der Waals surface area contributed by atoms with E-state index in [0.29, 0.717) is 23.6 Å². The molecule has 0 spiro atoms. The lowest BCUT2D eigenvalue weighted by Gasteiger charge is -2.19. The van der Waals surface area contributed by atoms with Crippen molar-refractivity contribution < 1.29 is 28.5 Å². The minimum absolute atomic E-state index is 0.220. The number of carbonyl (C=O) groups excluding carboxylic acids is 2. The third-order valence-corrected chi connectivity index (χ3v) is 4.03. The number of aryl methyl sites for hydroxylation is 1. The number of methoxy groups -OCH3 is 2. The lowest BCUT2D eigenvalue weighted by molar-refractivity contribution is -0.135. The van der Waals surface area contributed by atoms with E-state index in [1.165, 1.54) is 14.2 Å². The molecule has 6 nitrogen and oxygen atoms in total. The molecule has 0 saturated carbocycles. The molecule has 0 amide bonds. The molecule has 0 aliphatic heterocycles. The van der Waals surface area contributed by atoms with E-state index >= 15 is 0 Å². The molecule has 2 aromatic carbocycles. The van der Waals surface area contributed by atoms with Gasteiger partial charge in [0.15, 0.2) is 11.5 Å². The molecule has 146 valence electrons. The van der Waals surface area contributed by atoms with Crippen LogP contribution in [0.15, 0.2) is 18.2 Å². The smallest absolute Gasteiger partial charge is 0.311 e. The number of carbonyl (C=O) groups is 2. The Balaban J connectivity index is 2.75. The van der Waals surface area contributed by atoms with Crippen LogP contribution in [0.5, 0.6) is 23.0 Å². The highest BCUT2D eigenvalue weighted by Gasteiger charge is 2.26. The first-order chi connectivity index (χ1) is 13.0. The monoisotopic (exact) mass is 374 g/mol. The highest BCUT2D eigenvalue weighted by atomic mass is 16.6. The summed E-state index contributed by atoms with van der Waals surface area (Å²) in [4.78, 5) is 24.3. The molecular formula is C21H26O6. The number of hydrogen-bond donors (Lipinski definition) is 0. The van der Waals surface area contributed by atoms with Gasteiger partial charge in [-0.05, 0) is 25.8 Å². The van der Waals surface area contributed by atoms with Crippen molar-refractivity contribution >= 4 is 22.7 Å². The van der Waals surface area contributed by atoms with Crippen LogP contribution in [0, 0.1) is 6.92 Å². The molecule has 0 fully saturated rings. The molecule has 0 heterocycles. The van der Waals surface area contributed by atoms with Crippen LogP contribution < -0.4 is 18.9 Å². The molecule has 0 saturated heterocycles. The molecule has 2 rings (SSSR count). The Bertz CT molecular complexity index is 840. The van der Waals surface area contributed by atoms with Crippen molar-refractivity contribution in [1.29, 1.82) is 0 Å². The minimum Gasteiger partial charge on any atom is -0.490 e. The van der Waals surface area contributed by atoms with E-state index in [-0.39, 0.29) is 47.8 Å². The standard InChI is InChI=1S/C21H26O6/c1-6-8-16(22)26-18-14-11-10-13(3)12-15(14)19(27-17(23)9-7-2)21(25-5)20(18)24-4/h10-12H,6-9H2,1-5H3. The Morgan fingerprint density at radius 1 is 0.778 bits per heavy atom. The zero-order valence-corrected chi connectivity index (χ0v) is 16.5. The Labute approximate surface area is 159 Å². The van der Waals surface area contributed by atoms with E-state index in [9.17, 15) is 9.59 Å². The van der Waals surface area contributed by atoms with E-state index < -0.39 is 0 Å². The topological polar surface area (TPSA) is 71.1 Å². The first-order valence-corrected chi connectivity index (χ1v) is 9.06. The quantitative estimate of drug-likeness (QED) is 0.498. The average molecular weight is 374 g/mol. The molecule has 2 aromatic rings. The summed E-state index contributed by atoms with van der Waals surface area (Å²) in [7, 11) is 2.90. The van der Waals surface area contributed by atoms with Gasteiger partial charge in [-0.2, -0.15) is 0 Å². The van der Waals surface area contributed by atoms with Gasteiger partial charge in [0.2, 0.25) is 11.5 Å². The Morgan fingerprint density at radius 3 is 1.70 bits per heavy atom. The van der Waals surface area contributed by atoms with Gasteiger partial charge in [-0.15, -0.1) is 0 Å². The van der Waals surface area contributed by atoms with Gasteiger partial charge in [-0.25, -0.2) is 0 Å². The number of fused-ring (bicyclic) bond motifs is 1. The molecule has 6 heteroatoms. The van der Waals surface area contributed by atoms with Crippen molar-refractivity contribution in [3.05, 3.63) is 23.8 Å². The molecule has 0 radical (unpaired) electrons. The zero-order valence-electron chi connectivity index (χ0n) is 16.5. The van der Waals surface area contributed by atoms with Gasteiger partial charge in [0.25, 0.3) is 0 Å². The van der Waals surface area contributed by atoms with E-state index in [1.54, 1.807) is 0 Å². The summed E-state index contributed by atoms with van der Waals surface area (Å²) in [6.07, 6.45) is 1.90. The molecule has 27 heavy (non-hydrogen) atoms. The fraction of sp³-hybridized carbons (Fsp3) is 0.429. The van der Waals surface area contributed by atoms with Crippen molar-refractivity contribution in [3.63, 3.8) is 0 Å². The van der Waals surface area contributed by atoms with Crippen LogP contribution in [-0.4, -0.2) is 26.2 Å². The van der Waals surface area contributed by atoms with Gasteiger partial charge in [-0.1, -0.05) is 31.5 Å². The number of ether oxygens (including phenoxy) is 4. The van der Waals surface area contributed by atoms with Crippen LogP contribution in [0.25, 0.3) is 10.8 Å². The second kappa shape index (κ2) is 9.26. The summed E-state index contributed by atoms with van der Waals surface area (Å²) in [6.45, 7) is 5.73. The molecule has 0 atom stereocenters. The van der Waals surface area contributed by atoms with Gasteiger partial charge >= 0.3 is 11.9 Å². The SMILES string of the molecule is CCCC(=O)Oc1c(OC)c(OC)c(OC(=O)CCC)c2cc(C)ccc12. The number of hydrogen-bond acceptors (Lipinski definition) is 6. The van der Waals surface area contributed by atoms with Crippen LogP contribution in [0.4, 0.5) is 0 Å². The summed E-state index contributed by atoms with van der Waals surface area (Å²) < 4.78 is 22.2. The maximum atomic E-state index is 12.2. The highest BCUT2D eigenvalue weighted by molar-refractivity contribution is 6.01. The van der Waals surface area contributed by atoms with Gasteiger partial charge in [-0.3, -0.25) is 9.59 Å². The molecular weight excluding hydrogens is 348 g/mol. The minimum atomic E-state index is -0.365. The third-order valence-electron chi connectivity index (χ3n) is 4.03. The van der Waals surface area contributed by atoms with Crippen LogP contribution in [-0.2, 0) is 9.59 Å². The molecule has 0 N–H and O–H groups in total. The van der Waals surface area contributed by atoms with Crippen LogP contribution >= 0.6 is 0 Å². The molecule has 0 aliphatic carbocycles. The van der Waals surface area contributed by atoms with Crippen molar-refractivity contribution in [2.75, 3.05) is 14.2 Å². The van der Waals surface area contributed by atoms with E-state index in [4.69, 9.17) is 18.9 Å². The molecule has 0 bridgehead atoms. The van der Waals surface area contributed by atoms with E-state index in [2.05, 4.69) is 0 Å². The lowest BCUT2D eigenvalue weighted by atomic mass is 10.0. The van der Waals surface area contributed by atoms with Crippen LogP contribution in [0.1, 0.15) is 45.1 Å². The maximum Gasteiger partial charge on any atom is 0.311 e. The maximum absolute atomic E-state index is 12.2. The van der Waals surface area contributed by atoms with Crippen molar-refractivity contribution in [2.45, 2.75) is 46.5 Å². The molecule has 0 aliphatic rings. The molecule has 0 unspecified atom stereocenters. The van der Waals surface area contributed by atoms with Crippen LogP contribution in [0.3, 0.4) is 0 Å². The number of esters is 2. The average Bonchev–Trinajstić information content (AvgIpc) is 2.63. The van der Waals surface area contributed by atoms with E-state index in [1.807, 2.05) is 39.0 Å². The van der Waals surface area contributed by atoms with Gasteiger partial charge < -0.3 is 18.9 Å². The highest BCUT2D eigenvalue weighted by Crippen LogP contribution is 2.51. The predicted molar refractivity (Wildman–Crippen MR) is 103 cm³/mol. The molecule has 0 aromatic heterocycles. The third kappa shape index (κ3) is 4.51. The summed E-state index contributed by atoms with van der Waals surface area (Å²) in [5.41, 5.74) is 0.966. The summed E-state index contributed by atoms with van der Waals surface area (Å²) in [5.74, 6) is 0.240. The number of benzene rings is 2. The Hall–Kier alpha value is -2.76.